The molecule has 0 saturated carbocycles. The summed E-state index contributed by atoms with van der Waals surface area (Å²) in [4.78, 5) is 15.2. The first-order valence-electron chi connectivity index (χ1n) is 9.03. The van der Waals surface area contributed by atoms with Gasteiger partial charge in [0.15, 0.2) is 0 Å². The minimum Gasteiger partial charge on any atom is -0.478 e. The van der Waals surface area contributed by atoms with Crippen LogP contribution in [0.25, 0.3) is 0 Å². The third-order valence-corrected chi connectivity index (χ3v) is 6.48. The van der Waals surface area contributed by atoms with Gasteiger partial charge < -0.3 is 10.4 Å². The number of nitrogens with one attached hydrogen (secondary N) is 1. The van der Waals surface area contributed by atoms with Crippen molar-refractivity contribution >= 4 is 21.9 Å². The summed E-state index contributed by atoms with van der Waals surface area (Å²) >= 11 is 0. The Morgan fingerprint density at radius 2 is 2.14 bits per heavy atom. The summed E-state index contributed by atoms with van der Waals surface area (Å²) in [5.41, 5.74) is 2.03. The van der Waals surface area contributed by atoms with Gasteiger partial charge in [-0.05, 0) is 43.7 Å². The lowest BCUT2D eigenvalue weighted by molar-refractivity contribution is 0.0696. The van der Waals surface area contributed by atoms with Crippen molar-refractivity contribution in [3.05, 3.63) is 59.4 Å². The lowest BCUT2D eigenvalue weighted by atomic mass is 10.2. The average molecular weight is 404 g/mol. The van der Waals surface area contributed by atoms with Crippen LogP contribution in [-0.4, -0.2) is 54.5 Å². The lowest BCUT2D eigenvalue weighted by Gasteiger charge is -2.35. The van der Waals surface area contributed by atoms with Crippen molar-refractivity contribution in [1.82, 2.24) is 14.6 Å². The second-order valence-corrected chi connectivity index (χ2v) is 8.76. The van der Waals surface area contributed by atoms with Crippen LogP contribution in [-0.2, 0) is 16.8 Å². The summed E-state index contributed by atoms with van der Waals surface area (Å²) in [6, 6.07) is 10.3. The van der Waals surface area contributed by atoms with E-state index in [1.807, 2.05) is 32.0 Å². The van der Waals surface area contributed by atoms with Crippen molar-refractivity contribution in [2.24, 2.45) is 0 Å². The number of rotatable bonds is 6. The Morgan fingerprint density at radius 1 is 1.36 bits per heavy atom. The van der Waals surface area contributed by atoms with Crippen LogP contribution in [0.4, 0.5) is 5.69 Å². The zero-order valence-corrected chi connectivity index (χ0v) is 16.7. The number of nitrogens with zero attached hydrogens (tertiary/aromatic N) is 3. The number of aromatic carboxylic acids is 1. The van der Waals surface area contributed by atoms with Gasteiger partial charge in [0, 0.05) is 31.9 Å². The molecule has 2 aromatic rings. The first kappa shape index (κ1) is 20.2. The molecule has 3 rings (SSSR count). The zero-order valence-electron chi connectivity index (χ0n) is 15.9. The van der Waals surface area contributed by atoms with Gasteiger partial charge in [-0.25, -0.2) is 4.79 Å². The second-order valence-electron chi connectivity index (χ2n) is 6.91. The van der Waals surface area contributed by atoms with Gasteiger partial charge in [-0.15, -0.1) is 0 Å². The molecule has 0 amide bonds. The highest BCUT2D eigenvalue weighted by molar-refractivity contribution is 7.90. The van der Waals surface area contributed by atoms with E-state index in [0.717, 1.165) is 5.56 Å². The van der Waals surface area contributed by atoms with Gasteiger partial charge in [0.1, 0.15) is 0 Å². The third kappa shape index (κ3) is 4.49. The molecule has 1 aliphatic heterocycles. The van der Waals surface area contributed by atoms with Gasteiger partial charge in [0.05, 0.1) is 23.5 Å². The zero-order chi connectivity index (χ0) is 20.3. The number of aromatic nitrogens is 1. The van der Waals surface area contributed by atoms with Gasteiger partial charge in [0.2, 0.25) is 0 Å². The molecule has 28 heavy (non-hydrogen) atoms. The average Bonchev–Trinajstić information content (AvgIpc) is 2.66. The fourth-order valence-corrected chi connectivity index (χ4v) is 4.81. The van der Waals surface area contributed by atoms with Crippen molar-refractivity contribution in [2.75, 3.05) is 23.9 Å². The summed E-state index contributed by atoms with van der Waals surface area (Å²) in [5, 5.41) is 12.3. The van der Waals surface area contributed by atoms with Crippen LogP contribution < -0.4 is 9.62 Å². The fourth-order valence-electron chi connectivity index (χ4n) is 3.13. The maximum atomic E-state index is 13.4. The third-order valence-electron chi connectivity index (χ3n) is 4.60. The fraction of sp³-hybridized carbons (Fsp3) is 0.368. The quantitative estimate of drug-likeness (QED) is 0.759. The monoisotopic (exact) mass is 404 g/mol. The molecule has 8 nitrogen and oxygen atoms in total. The van der Waals surface area contributed by atoms with E-state index in [1.165, 1.54) is 20.9 Å². The Hall–Kier alpha value is -2.49. The van der Waals surface area contributed by atoms with E-state index in [2.05, 4.69) is 10.3 Å². The van der Waals surface area contributed by atoms with Crippen LogP contribution in [0.2, 0.25) is 0 Å². The highest BCUT2D eigenvalue weighted by Crippen LogP contribution is 2.24. The Labute approximate surface area is 165 Å². The molecular weight excluding hydrogens is 380 g/mol. The largest absolute Gasteiger partial charge is 0.478 e. The number of benzene rings is 1. The van der Waals surface area contributed by atoms with Crippen molar-refractivity contribution in [1.29, 1.82) is 0 Å². The highest BCUT2D eigenvalue weighted by atomic mass is 32.2. The van der Waals surface area contributed by atoms with Gasteiger partial charge >= 0.3 is 16.2 Å². The van der Waals surface area contributed by atoms with Crippen molar-refractivity contribution in [2.45, 2.75) is 26.4 Å². The summed E-state index contributed by atoms with van der Waals surface area (Å²) < 4.78 is 29.7. The molecule has 0 bridgehead atoms. The number of hydrogen-bond acceptors (Lipinski definition) is 5. The Kier molecular flexibility index (Phi) is 5.97. The van der Waals surface area contributed by atoms with E-state index in [0.29, 0.717) is 31.0 Å². The van der Waals surface area contributed by atoms with Crippen LogP contribution >= 0.6 is 0 Å². The first-order valence-corrected chi connectivity index (χ1v) is 10.4. The first-order chi connectivity index (χ1) is 13.3. The molecule has 1 aromatic carbocycles. The van der Waals surface area contributed by atoms with E-state index in [1.54, 1.807) is 12.1 Å². The normalized spacial score (nSPS) is 18.0. The maximum absolute atomic E-state index is 13.4. The summed E-state index contributed by atoms with van der Waals surface area (Å²) in [6.45, 7) is 5.24. The number of piperazine rings is 1. The number of hydrogen-bond donors (Lipinski definition) is 2. The standard InChI is InChI=1S/C19H24N4O4S/c1-14-4-3-5-18(10-14)23(13-17-7-6-16(11-21-17)19(24)25)28(26,27)22-9-8-20-15(2)12-22/h3-7,10-11,15,20H,8-9,12-13H2,1-2H3,(H,24,25)/t15-/m0/s1. The Morgan fingerprint density at radius 3 is 2.75 bits per heavy atom. The van der Waals surface area contributed by atoms with Crippen LogP contribution in [0.3, 0.4) is 0 Å². The lowest BCUT2D eigenvalue weighted by Crippen LogP contribution is -2.55. The van der Waals surface area contributed by atoms with Gasteiger partial charge in [-0.2, -0.15) is 12.7 Å². The van der Waals surface area contributed by atoms with Crippen LogP contribution in [0, 0.1) is 6.92 Å². The van der Waals surface area contributed by atoms with E-state index < -0.39 is 16.2 Å². The van der Waals surface area contributed by atoms with Crippen molar-refractivity contribution in [3.8, 4) is 0 Å². The van der Waals surface area contributed by atoms with E-state index in [-0.39, 0.29) is 18.2 Å². The minimum absolute atomic E-state index is 0.0179. The molecule has 2 N–H and O–H groups in total. The summed E-state index contributed by atoms with van der Waals surface area (Å²) in [7, 11) is -3.78. The van der Waals surface area contributed by atoms with Crippen LogP contribution in [0.1, 0.15) is 28.5 Å². The van der Waals surface area contributed by atoms with Crippen molar-refractivity contribution in [3.63, 3.8) is 0 Å². The predicted octanol–water partition coefficient (Wildman–Crippen LogP) is 1.63. The smallest absolute Gasteiger partial charge is 0.337 e. The SMILES string of the molecule is Cc1cccc(N(Cc2ccc(C(=O)O)cn2)S(=O)(=O)N2CCN[C@@H](C)C2)c1. The van der Waals surface area contributed by atoms with E-state index in [9.17, 15) is 13.2 Å². The summed E-state index contributed by atoms with van der Waals surface area (Å²) in [5.74, 6) is -1.07. The molecule has 0 spiro atoms. The Balaban J connectivity index is 1.96. The van der Waals surface area contributed by atoms with Gasteiger partial charge in [-0.1, -0.05) is 12.1 Å². The Bertz CT molecular complexity index is 947. The number of anilines is 1. The van der Waals surface area contributed by atoms with Crippen molar-refractivity contribution < 1.29 is 18.3 Å². The number of carboxylic acid groups (broad SMARTS) is 1. The number of carbonyl (C=O) groups is 1. The minimum atomic E-state index is -3.78. The number of carboxylic acids is 1. The van der Waals surface area contributed by atoms with E-state index >= 15 is 0 Å². The number of pyridine rings is 1. The van der Waals surface area contributed by atoms with Gasteiger partial charge in [0.25, 0.3) is 0 Å². The molecule has 1 atom stereocenters. The van der Waals surface area contributed by atoms with E-state index in [4.69, 9.17) is 5.11 Å². The predicted molar refractivity (Wildman–Crippen MR) is 107 cm³/mol. The molecule has 1 fully saturated rings. The molecule has 0 radical (unpaired) electrons. The van der Waals surface area contributed by atoms with Crippen LogP contribution in [0.5, 0.6) is 0 Å². The molecule has 2 heterocycles. The van der Waals surface area contributed by atoms with Crippen LogP contribution in [0.15, 0.2) is 42.6 Å². The molecule has 1 saturated heterocycles. The molecule has 0 unspecified atom stereocenters. The molecule has 1 aliphatic rings. The molecule has 150 valence electrons. The van der Waals surface area contributed by atoms with Gasteiger partial charge in [-0.3, -0.25) is 9.29 Å². The molecular formula is C19H24N4O4S. The molecule has 0 aliphatic carbocycles. The molecule has 1 aromatic heterocycles. The highest BCUT2D eigenvalue weighted by Gasteiger charge is 2.33. The second kappa shape index (κ2) is 8.26. The maximum Gasteiger partial charge on any atom is 0.337 e. The molecule has 9 heteroatoms. The topological polar surface area (TPSA) is 103 Å². The number of aryl methyl sites for hydroxylation is 1. The summed E-state index contributed by atoms with van der Waals surface area (Å²) in [6.07, 6.45) is 1.24.